The molecule has 2 fully saturated rings. The molecule has 10 heteroatoms. The highest BCUT2D eigenvalue weighted by Crippen LogP contribution is 2.65. The Labute approximate surface area is 228 Å². The number of carbonyl (C=O) groups excluding carboxylic acids is 2. The third-order valence-corrected chi connectivity index (χ3v) is 10.4. The predicted octanol–water partition coefficient (Wildman–Crippen LogP) is 4.37. The van der Waals surface area contributed by atoms with Gasteiger partial charge >= 0.3 is 10.2 Å². The summed E-state index contributed by atoms with van der Waals surface area (Å²) in [5.74, 6) is 0.545. The number of nitrogens with zero attached hydrogens (tertiary/aromatic N) is 3. The van der Waals surface area contributed by atoms with Crippen LogP contribution < -0.4 is 9.46 Å². The smallest absolute Gasteiger partial charge is 0.303 e. The van der Waals surface area contributed by atoms with Crippen molar-refractivity contribution in [1.29, 1.82) is 0 Å². The number of carbonyl (C=O) groups is 2. The van der Waals surface area contributed by atoms with Crippen LogP contribution in [-0.2, 0) is 21.5 Å². The second kappa shape index (κ2) is 9.16. The lowest BCUT2D eigenvalue weighted by atomic mass is 9.81. The largest absolute Gasteiger partial charge is 0.497 e. The van der Waals surface area contributed by atoms with Crippen molar-refractivity contribution in [2.24, 2.45) is 5.41 Å². The Morgan fingerprint density at radius 1 is 1.13 bits per heavy atom. The first kappa shape index (κ1) is 26.0. The number of fused-ring (bicyclic) bond motifs is 7. The van der Waals surface area contributed by atoms with E-state index in [1.807, 2.05) is 12.1 Å². The molecule has 2 aromatic heterocycles. The van der Waals surface area contributed by atoms with Crippen LogP contribution in [0.2, 0.25) is 0 Å². The van der Waals surface area contributed by atoms with Crippen LogP contribution in [0.1, 0.15) is 78.9 Å². The Morgan fingerprint density at radius 3 is 2.54 bits per heavy atom. The van der Waals surface area contributed by atoms with Crippen LogP contribution in [0.3, 0.4) is 0 Å². The highest BCUT2D eigenvalue weighted by molar-refractivity contribution is 7.87. The summed E-state index contributed by atoms with van der Waals surface area (Å²) in [5, 5.41) is 0.962. The molecule has 1 amide bonds. The Hall–Kier alpha value is -3.24. The van der Waals surface area contributed by atoms with Crippen molar-refractivity contribution in [3.05, 3.63) is 47.2 Å². The van der Waals surface area contributed by atoms with Crippen LogP contribution in [0.4, 0.5) is 0 Å². The number of hydrogen-bond donors (Lipinski definition) is 1. The maximum Gasteiger partial charge on any atom is 0.303 e. The summed E-state index contributed by atoms with van der Waals surface area (Å²) in [6.07, 6.45) is 6.42. The first-order valence-corrected chi connectivity index (χ1v) is 15.0. The van der Waals surface area contributed by atoms with Crippen molar-refractivity contribution < 1.29 is 22.7 Å². The molecule has 0 radical (unpaired) electrons. The van der Waals surface area contributed by atoms with Crippen LogP contribution in [-0.4, -0.2) is 55.2 Å². The van der Waals surface area contributed by atoms with Gasteiger partial charge in [-0.1, -0.05) is 19.3 Å². The van der Waals surface area contributed by atoms with E-state index < -0.39 is 21.5 Å². The van der Waals surface area contributed by atoms with E-state index in [1.165, 1.54) is 26.1 Å². The molecule has 6 rings (SSSR count). The SMILES string of the molecule is COc1ccc2c(c1)[C@@H]1C[C@]1(C(C)=O)Cn1c-2c(C2CCCCC2)c2ccc(C(=O)NS(=O)(=O)N(C)C)nc21. The van der Waals surface area contributed by atoms with E-state index in [0.717, 1.165) is 64.4 Å². The zero-order valence-corrected chi connectivity index (χ0v) is 23.6. The molecule has 0 unspecified atom stereocenters. The number of amides is 1. The van der Waals surface area contributed by atoms with Crippen molar-refractivity contribution in [2.45, 2.75) is 63.8 Å². The zero-order valence-electron chi connectivity index (χ0n) is 22.8. The summed E-state index contributed by atoms with van der Waals surface area (Å²) in [6.45, 7) is 2.13. The van der Waals surface area contributed by atoms with Gasteiger partial charge in [0, 0.05) is 31.6 Å². The second-order valence-corrected chi connectivity index (χ2v) is 13.3. The second-order valence-electron chi connectivity index (χ2n) is 11.4. The van der Waals surface area contributed by atoms with Crippen molar-refractivity contribution in [1.82, 2.24) is 18.6 Å². The van der Waals surface area contributed by atoms with Crippen LogP contribution in [0.25, 0.3) is 22.3 Å². The molecule has 0 saturated heterocycles. The average Bonchev–Trinajstić information content (AvgIpc) is 3.59. The van der Waals surface area contributed by atoms with Crippen LogP contribution in [0, 0.1) is 5.41 Å². The monoisotopic (exact) mass is 550 g/mol. The third-order valence-electron chi connectivity index (χ3n) is 9.00. The molecule has 2 aliphatic carbocycles. The Kier molecular flexibility index (Phi) is 6.11. The minimum Gasteiger partial charge on any atom is -0.497 e. The van der Waals surface area contributed by atoms with Gasteiger partial charge in [0.2, 0.25) is 0 Å². The summed E-state index contributed by atoms with van der Waals surface area (Å²) in [6, 6.07) is 9.63. The lowest BCUT2D eigenvalue weighted by Gasteiger charge is -2.24. The molecule has 0 spiro atoms. The minimum atomic E-state index is -3.97. The molecule has 9 nitrogen and oxygen atoms in total. The molecule has 3 aliphatic rings. The summed E-state index contributed by atoms with van der Waals surface area (Å²) < 4.78 is 35.4. The fourth-order valence-electron chi connectivity index (χ4n) is 6.72. The highest BCUT2D eigenvalue weighted by Gasteiger charge is 2.61. The van der Waals surface area contributed by atoms with E-state index in [2.05, 4.69) is 21.4 Å². The van der Waals surface area contributed by atoms with Crippen molar-refractivity contribution >= 4 is 32.9 Å². The lowest BCUT2D eigenvalue weighted by Crippen LogP contribution is -2.39. The molecule has 3 aromatic rings. The van der Waals surface area contributed by atoms with Gasteiger partial charge in [-0.3, -0.25) is 9.59 Å². The molecular formula is C29H34N4O5S. The maximum absolute atomic E-state index is 13.1. The van der Waals surface area contributed by atoms with Gasteiger partial charge in [0.25, 0.3) is 5.91 Å². The number of ether oxygens (including phenoxy) is 1. The fraction of sp³-hybridized carbons (Fsp3) is 0.483. The van der Waals surface area contributed by atoms with Gasteiger partial charge in [-0.15, -0.1) is 0 Å². The molecule has 2 saturated carbocycles. The van der Waals surface area contributed by atoms with Gasteiger partial charge in [0.15, 0.2) is 0 Å². The van der Waals surface area contributed by atoms with Crippen molar-refractivity contribution in [3.8, 4) is 17.0 Å². The van der Waals surface area contributed by atoms with E-state index in [4.69, 9.17) is 9.72 Å². The maximum atomic E-state index is 13.1. The van der Waals surface area contributed by atoms with Gasteiger partial charge in [0.1, 0.15) is 22.9 Å². The number of benzene rings is 1. The van der Waals surface area contributed by atoms with Crippen LogP contribution in [0.5, 0.6) is 5.75 Å². The molecule has 1 N–H and O–H groups in total. The molecule has 206 valence electrons. The normalized spacial score (nSPS) is 22.5. The van der Waals surface area contributed by atoms with Crippen molar-refractivity contribution in [3.63, 3.8) is 0 Å². The Balaban J connectivity index is 1.60. The number of rotatable bonds is 6. The van der Waals surface area contributed by atoms with Gasteiger partial charge in [-0.05, 0) is 79.5 Å². The molecule has 2 atom stereocenters. The van der Waals surface area contributed by atoms with E-state index in [-0.39, 0.29) is 17.4 Å². The number of aromatic nitrogens is 2. The van der Waals surface area contributed by atoms with Gasteiger partial charge in [-0.25, -0.2) is 9.71 Å². The van der Waals surface area contributed by atoms with Gasteiger partial charge in [0.05, 0.1) is 18.2 Å². The predicted molar refractivity (Wildman–Crippen MR) is 148 cm³/mol. The Morgan fingerprint density at radius 2 is 1.87 bits per heavy atom. The molecule has 1 aromatic carbocycles. The highest BCUT2D eigenvalue weighted by atomic mass is 32.2. The van der Waals surface area contributed by atoms with Crippen molar-refractivity contribution in [2.75, 3.05) is 21.2 Å². The van der Waals surface area contributed by atoms with Crippen LogP contribution >= 0.6 is 0 Å². The number of hydrogen-bond acceptors (Lipinski definition) is 6. The Bertz CT molecular complexity index is 1620. The molecule has 0 bridgehead atoms. The molecule has 3 heterocycles. The summed E-state index contributed by atoms with van der Waals surface area (Å²) in [4.78, 5) is 30.9. The summed E-state index contributed by atoms with van der Waals surface area (Å²) in [7, 11) is 0.393. The van der Waals surface area contributed by atoms with E-state index in [1.54, 1.807) is 20.1 Å². The number of methoxy groups -OCH3 is 1. The number of Topliss-reactive ketones (excluding diaryl/α,β-unsaturated/α-hetero) is 1. The molecular weight excluding hydrogens is 516 g/mol. The number of ketones is 1. The van der Waals surface area contributed by atoms with E-state index in [0.29, 0.717) is 18.1 Å². The van der Waals surface area contributed by atoms with Crippen LogP contribution in [0.15, 0.2) is 30.3 Å². The quantitative estimate of drug-likeness (QED) is 0.488. The van der Waals surface area contributed by atoms with E-state index in [9.17, 15) is 18.0 Å². The standard InChI is InChI=1S/C29H34N4O5S/c1-17(34)29-15-23(29)22-14-19(38-4)10-11-20(22)26-25(18-8-6-5-7-9-18)21-12-13-24(30-27(21)33(26)16-29)28(35)31-39(36,37)32(2)3/h10-14,18,23H,5-9,15-16H2,1-4H3,(H,31,35)/t23-,29+/m0/s1. The minimum absolute atomic E-state index is 0.0202. The lowest BCUT2D eigenvalue weighted by molar-refractivity contribution is -0.122. The van der Waals surface area contributed by atoms with Gasteiger partial charge < -0.3 is 9.30 Å². The molecule has 1 aliphatic heterocycles. The topological polar surface area (TPSA) is 111 Å². The average molecular weight is 551 g/mol. The summed E-state index contributed by atoms with van der Waals surface area (Å²) >= 11 is 0. The molecule has 39 heavy (non-hydrogen) atoms. The van der Waals surface area contributed by atoms with E-state index >= 15 is 0 Å². The fourth-order valence-corrected chi connectivity index (χ4v) is 7.24. The first-order chi connectivity index (χ1) is 18.6. The first-order valence-electron chi connectivity index (χ1n) is 13.5. The van der Waals surface area contributed by atoms with Gasteiger partial charge in [-0.2, -0.15) is 12.7 Å². The zero-order chi connectivity index (χ0) is 27.7. The third kappa shape index (κ3) is 4.07. The summed E-state index contributed by atoms with van der Waals surface area (Å²) in [5.41, 5.74) is 4.59. The number of pyridine rings is 1. The number of nitrogens with one attached hydrogen (secondary N) is 1.